The van der Waals surface area contributed by atoms with E-state index in [-0.39, 0.29) is 23.4 Å². The smallest absolute Gasteiger partial charge is 0.149 e. The van der Waals surface area contributed by atoms with Gasteiger partial charge in [0.1, 0.15) is 11.6 Å². The van der Waals surface area contributed by atoms with Gasteiger partial charge in [-0.15, -0.1) is 11.3 Å². The summed E-state index contributed by atoms with van der Waals surface area (Å²) in [6, 6.07) is 5.85. The first-order chi connectivity index (χ1) is 8.75. The van der Waals surface area contributed by atoms with Gasteiger partial charge in [-0.3, -0.25) is 9.59 Å². The van der Waals surface area contributed by atoms with Crippen molar-refractivity contribution in [3.63, 3.8) is 0 Å². The summed E-state index contributed by atoms with van der Waals surface area (Å²) >= 11 is 3.14. The minimum absolute atomic E-state index is 0.198. The molecule has 1 aliphatic carbocycles. The van der Waals surface area contributed by atoms with Crippen LogP contribution in [-0.4, -0.2) is 11.6 Å². The van der Waals surface area contributed by atoms with Crippen molar-refractivity contribution in [2.24, 2.45) is 0 Å². The molecule has 0 aromatic carbocycles. The van der Waals surface area contributed by atoms with Crippen LogP contribution in [0, 0.1) is 0 Å². The van der Waals surface area contributed by atoms with Gasteiger partial charge in [0.15, 0.2) is 0 Å². The van der Waals surface area contributed by atoms with Crippen LogP contribution in [0.25, 0.3) is 0 Å². The monoisotopic (exact) mass is 276 g/mol. The Kier molecular flexibility index (Phi) is 3.14. The van der Waals surface area contributed by atoms with Gasteiger partial charge in [0.05, 0.1) is 11.8 Å². The number of ketones is 2. The summed E-state index contributed by atoms with van der Waals surface area (Å²) in [6.07, 6.45) is 0.747. The Bertz CT molecular complexity index is 506. The van der Waals surface area contributed by atoms with Gasteiger partial charge in [-0.1, -0.05) is 6.07 Å². The largest absolute Gasteiger partial charge is 0.300 e. The van der Waals surface area contributed by atoms with Crippen molar-refractivity contribution in [2.75, 3.05) is 0 Å². The first-order valence-electron chi connectivity index (χ1n) is 5.86. The van der Waals surface area contributed by atoms with Crippen LogP contribution < -0.4 is 0 Å². The number of carbonyl (C=O) groups is 2. The summed E-state index contributed by atoms with van der Waals surface area (Å²) in [5.41, 5.74) is 1.000. The highest BCUT2D eigenvalue weighted by Crippen LogP contribution is 2.38. The van der Waals surface area contributed by atoms with Crippen molar-refractivity contribution in [3.8, 4) is 0 Å². The Morgan fingerprint density at radius 3 is 2.56 bits per heavy atom. The first-order valence-corrected chi connectivity index (χ1v) is 7.69. The highest BCUT2D eigenvalue weighted by molar-refractivity contribution is 7.10. The Morgan fingerprint density at radius 2 is 1.89 bits per heavy atom. The lowest BCUT2D eigenvalue weighted by molar-refractivity contribution is -0.131. The van der Waals surface area contributed by atoms with Gasteiger partial charge in [-0.05, 0) is 33.8 Å². The Balaban J connectivity index is 1.93. The van der Waals surface area contributed by atoms with Crippen LogP contribution in [0.5, 0.6) is 0 Å². The van der Waals surface area contributed by atoms with Crippen LogP contribution in [0.4, 0.5) is 0 Å². The molecular formula is C14H12O2S2. The van der Waals surface area contributed by atoms with Crippen molar-refractivity contribution < 1.29 is 9.59 Å². The van der Waals surface area contributed by atoms with Gasteiger partial charge < -0.3 is 0 Å². The van der Waals surface area contributed by atoms with Crippen molar-refractivity contribution in [1.29, 1.82) is 0 Å². The molecular weight excluding hydrogens is 264 g/mol. The maximum absolute atomic E-state index is 12.5. The quantitative estimate of drug-likeness (QED) is 0.839. The average Bonchev–Trinajstić information content (AvgIpc) is 3.02. The second-order valence-corrected chi connectivity index (χ2v) is 6.29. The molecule has 0 spiro atoms. The second kappa shape index (κ2) is 4.78. The predicted molar refractivity (Wildman–Crippen MR) is 73.4 cm³/mol. The molecule has 2 atom stereocenters. The summed E-state index contributed by atoms with van der Waals surface area (Å²) in [4.78, 5) is 25.4. The third kappa shape index (κ3) is 2.06. The van der Waals surface area contributed by atoms with Crippen molar-refractivity contribution in [1.82, 2.24) is 0 Å². The Morgan fingerprint density at radius 1 is 1.06 bits per heavy atom. The van der Waals surface area contributed by atoms with E-state index in [1.807, 2.05) is 34.3 Å². The number of rotatable bonds is 2. The van der Waals surface area contributed by atoms with E-state index in [1.165, 1.54) is 0 Å². The van der Waals surface area contributed by atoms with E-state index in [4.69, 9.17) is 0 Å². The second-order valence-electron chi connectivity index (χ2n) is 4.53. The molecule has 92 valence electrons. The van der Waals surface area contributed by atoms with E-state index >= 15 is 0 Å². The molecule has 2 heterocycles. The zero-order valence-electron chi connectivity index (χ0n) is 9.67. The van der Waals surface area contributed by atoms with Crippen molar-refractivity contribution in [3.05, 3.63) is 44.8 Å². The van der Waals surface area contributed by atoms with Gasteiger partial charge >= 0.3 is 0 Å². The molecule has 1 aliphatic rings. The lowest BCUT2D eigenvalue weighted by atomic mass is 9.76. The number of carbonyl (C=O) groups excluding carboxylic acids is 2. The van der Waals surface area contributed by atoms with Crippen LogP contribution in [0.3, 0.4) is 0 Å². The average molecular weight is 276 g/mol. The van der Waals surface area contributed by atoms with E-state index in [2.05, 4.69) is 0 Å². The first kappa shape index (κ1) is 11.8. The van der Waals surface area contributed by atoms with Crippen molar-refractivity contribution >= 4 is 34.2 Å². The molecule has 1 saturated carbocycles. The lowest BCUT2D eigenvalue weighted by Crippen LogP contribution is -2.29. The van der Waals surface area contributed by atoms with E-state index < -0.39 is 0 Å². The number of hydrogen-bond donors (Lipinski definition) is 0. The van der Waals surface area contributed by atoms with Crippen LogP contribution in [0.15, 0.2) is 34.3 Å². The number of hydrogen-bond acceptors (Lipinski definition) is 4. The normalized spacial score (nSPS) is 24.4. The fraction of sp³-hybridized carbons (Fsp3) is 0.286. The minimum atomic E-state index is -0.232. The lowest BCUT2D eigenvalue weighted by Gasteiger charge is -2.25. The van der Waals surface area contributed by atoms with E-state index in [9.17, 15) is 9.59 Å². The summed E-state index contributed by atoms with van der Waals surface area (Å²) in [6.45, 7) is 0. The number of thiophene rings is 2. The third-order valence-electron chi connectivity index (χ3n) is 3.38. The molecule has 1 fully saturated rings. The maximum atomic E-state index is 12.5. The zero-order valence-corrected chi connectivity index (χ0v) is 11.3. The Labute approximate surface area is 113 Å². The summed E-state index contributed by atoms with van der Waals surface area (Å²) in [5.74, 6) is -0.0552. The molecule has 2 nitrogen and oxygen atoms in total. The topological polar surface area (TPSA) is 34.1 Å². The van der Waals surface area contributed by atoms with Crippen LogP contribution in [0.2, 0.25) is 0 Å². The van der Waals surface area contributed by atoms with Crippen LogP contribution >= 0.6 is 22.7 Å². The molecule has 0 amide bonds. The molecule has 0 aliphatic heterocycles. The molecule has 2 aromatic rings. The van der Waals surface area contributed by atoms with Gasteiger partial charge in [-0.25, -0.2) is 0 Å². The van der Waals surface area contributed by atoms with Gasteiger partial charge in [0, 0.05) is 17.7 Å². The summed E-state index contributed by atoms with van der Waals surface area (Å²) < 4.78 is 0. The number of Topliss-reactive ketones (excluding diaryl/α,β-unsaturated/α-hetero) is 2. The molecule has 0 saturated heterocycles. The van der Waals surface area contributed by atoms with E-state index in [0.29, 0.717) is 12.8 Å². The van der Waals surface area contributed by atoms with Gasteiger partial charge in [-0.2, -0.15) is 11.3 Å². The van der Waals surface area contributed by atoms with Gasteiger partial charge in [0.25, 0.3) is 0 Å². The Hall–Kier alpha value is -1.26. The zero-order chi connectivity index (χ0) is 12.5. The highest BCUT2D eigenvalue weighted by Gasteiger charge is 2.37. The van der Waals surface area contributed by atoms with E-state index in [1.54, 1.807) is 22.7 Å². The molecule has 2 aromatic heterocycles. The van der Waals surface area contributed by atoms with Gasteiger partial charge in [0.2, 0.25) is 0 Å². The summed E-state index contributed by atoms with van der Waals surface area (Å²) in [7, 11) is 0. The summed E-state index contributed by atoms with van der Waals surface area (Å²) in [5, 5.41) is 5.90. The van der Waals surface area contributed by atoms with Crippen LogP contribution in [-0.2, 0) is 9.59 Å². The van der Waals surface area contributed by atoms with E-state index in [0.717, 1.165) is 10.4 Å². The molecule has 18 heavy (non-hydrogen) atoms. The van der Waals surface area contributed by atoms with Crippen molar-refractivity contribution in [2.45, 2.75) is 24.7 Å². The van der Waals surface area contributed by atoms with Crippen LogP contribution in [0.1, 0.15) is 35.1 Å². The predicted octanol–water partition coefficient (Wildman–Crippen LogP) is 3.61. The highest BCUT2D eigenvalue weighted by atomic mass is 32.1. The molecule has 2 unspecified atom stereocenters. The molecule has 4 heteroatoms. The SMILES string of the molecule is O=C1CC(c2ccsc2)C(=O)C(c2cccs2)C1. The fourth-order valence-electron chi connectivity index (χ4n) is 2.47. The third-order valence-corrected chi connectivity index (χ3v) is 5.07. The molecule has 0 N–H and O–H groups in total. The molecule has 0 bridgehead atoms. The minimum Gasteiger partial charge on any atom is -0.300 e. The maximum Gasteiger partial charge on any atom is 0.149 e. The molecule has 0 radical (unpaired) electrons. The fourth-order valence-corrected chi connectivity index (χ4v) is 4.02. The standard InChI is InChI=1S/C14H12O2S2/c15-10-6-11(9-3-5-17-8-9)14(16)12(7-10)13-2-1-4-18-13/h1-5,8,11-12H,6-7H2. The molecule has 3 rings (SSSR count).